The largest absolute Gasteiger partial charge is 1.00 e. The lowest BCUT2D eigenvalue weighted by molar-refractivity contribution is -0.583. The molecule has 86 valence electrons. The van der Waals surface area contributed by atoms with Gasteiger partial charge in [0, 0.05) is 12.8 Å². The van der Waals surface area contributed by atoms with Crippen molar-refractivity contribution in [3.63, 3.8) is 0 Å². The van der Waals surface area contributed by atoms with Crippen molar-refractivity contribution in [3.8, 4) is 0 Å². The Balaban J connectivity index is 0.000000963. The SMILES string of the molecule is NC1=[N+]2CCc3ccccc3C2CCN1.[I-]. The van der Waals surface area contributed by atoms with Crippen molar-refractivity contribution < 1.29 is 28.6 Å². The molecule has 3 rings (SSSR count). The third-order valence-electron chi connectivity index (χ3n) is 3.45. The van der Waals surface area contributed by atoms with Crippen molar-refractivity contribution in [1.29, 1.82) is 0 Å². The third-order valence-corrected chi connectivity index (χ3v) is 3.45. The van der Waals surface area contributed by atoms with E-state index in [0.29, 0.717) is 6.04 Å². The van der Waals surface area contributed by atoms with Gasteiger partial charge in [-0.3, -0.25) is 15.6 Å². The van der Waals surface area contributed by atoms with Gasteiger partial charge in [0.15, 0.2) is 0 Å². The van der Waals surface area contributed by atoms with Gasteiger partial charge in [0.25, 0.3) is 0 Å². The lowest BCUT2D eigenvalue weighted by atomic mass is 9.91. The fourth-order valence-corrected chi connectivity index (χ4v) is 2.69. The van der Waals surface area contributed by atoms with Crippen LogP contribution in [0.3, 0.4) is 0 Å². The molecule has 0 bridgehead atoms. The van der Waals surface area contributed by atoms with Crippen molar-refractivity contribution in [2.75, 3.05) is 13.1 Å². The molecule has 2 heterocycles. The van der Waals surface area contributed by atoms with Crippen LogP contribution >= 0.6 is 0 Å². The average molecular weight is 329 g/mol. The Hall–Kier alpha value is -0.780. The second kappa shape index (κ2) is 4.61. The molecule has 0 saturated heterocycles. The van der Waals surface area contributed by atoms with Crippen LogP contribution < -0.4 is 35.0 Å². The maximum Gasteiger partial charge on any atom is 0.343 e. The van der Waals surface area contributed by atoms with E-state index in [9.17, 15) is 0 Å². The highest BCUT2D eigenvalue weighted by atomic mass is 127. The molecule has 0 radical (unpaired) electrons. The zero-order chi connectivity index (χ0) is 10.3. The molecular weight excluding hydrogens is 313 g/mol. The maximum absolute atomic E-state index is 5.98. The van der Waals surface area contributed by atoms with Crippen LogP contribution in [0.25, 0.3) is 0 Å². The minimum Gasteiger partial charge on any atom is -1.00 e. The highest BCUT2D eigenvalue weighted by Gasteiger charge is 2.31. The van der Waals surface area contributed by atoms with E-state index in [0.717, 1.165) is 31.9 Å². The molecule has 0 aromatic heterocycles. The number of fused-ring (bicyclic) bond motifs is 3. The topological polar surface area (TPSA) is 41.1 Å². The normalized spacial score (nSPS) is 22.6. The molecular formula is C12H16IN3. The molecule has 0 amide bonds. The Bertz CT molecular complexity index is 428. The highest BCUT2D eigenvalue weighted by molar-refractivity contribution is 5.73. The van der Waals surface area contributed by atoms with E-state index in [4.69, 9.17) is 5.73 Å². The summed E-state index contributed by atoms with van der Waals surface area (Å²) in [4.78, 5) is 0. The smallest absolute Gasteiger partial charge is 0.343 e. The Morgan fingerprint density at radius 2 is 2.12 bits per heavy atom. The zero-order valence-corrected chi connectivity index (χ0v) is 11.3. The first-order valence-electron chi connectivity index (χ1n) is 5.57. The summed E-state index contributed by atoms with van der Waals surface area (Å²) < 4.78 is 2.30. The molecule has 0 saturated carbocycles. The van der Waals surface area contributed by atoms with E-state index < -0.39 is 0 Å². The molecule has 1 unspecified atom stereocenters. The standard InChI is InChI=1S/C12H15N3.HI/c13-12-14-7-5-11-10-4-2-1-3-9(10)6-8-15(11)12;/h1-4,11H,5-8H2,(H2,13,14);1H. The second-order valence-corrected chi connectivity index (χ2v) is 4.26. The maximum atomic E-state index is 5.98. The number of nitrogens with zero attached hydrogens (tertiary/aromatic N) is 1. The van der Waals surface area contributed by atoms with Crippen LogP contribution in [0.5, 0.6) is 0 Å². The summed E-state index contributed by atoms with van der Waals surface area (Å²) in [5.74, 6) is 0.848. The molecule has 2 aliphatic heterocycles. The molecule has 0 fully saturated rings. The number of benzene rings is 1. The van der Waals surface area contributed by atoms with Crippen LogP contribution in [0.2, 0.25) is 0 Å². The van der Waals surface area contributed by atoms with Crippen molar-refractivity contribution in [2.24, 2.45) is 5.73 Å². The summed E-state index contributed by atoms with van der Waals surface area (Å²) in [6.07, 6.45) is 2.26. The summed E-state index contributed by atoms with van der Waals surface area (Å²) in [7, 11) is 0. The van der Waals surface area contributed by atoms with Gasteiger partial charge in [-0.25, -0.2) is 0 Å². The molecule has 1 atom stereocenters. The molecule has 1 aromatic carbocycles. The number of hydrogen-bond acceptors (Lipinski definition) is 2. The van der Waals surface area contributed by atoms with Gasteiger partial charge in [0.05, 0.1) is 13.1 Å². The summed E-state index contributed by atoms with van der Waals surface area (Å²) >= 11 is 0. The highest BCUT2D eigenvalue weighted by Crippen LogP contribution is 2.29. The summed E-state index contributed by atoms with van der Waals surface area (Å²) in [6, 6.07) is 9.23. The van der Waals surface area contributed by atoms with Gasteiger partial charge in [-0.05, 0) is 11.1 Å². The van der Waals surface area contributed by atoms with E-state index in [2.05, 4.69) is 34.2 Å². The van der Waals surface area contributed by atoms with Gasteiger partial charge in [-0.1, -0.05) is 24.3 Å². The Morgan fingerprint density at radius 3 is 3.00 bits per heavy atom. The van der Waals surface area contributed by atoms with Crippen LogP contribution in [-0.4, -0.2) is 23.6 Å². The third kappa shape index (κ3) is 1.79. The van der Waals surface area contributed by atoms with Gasteiger partial charge in [-0.2, -0.15) is 0 Å². The molecule has 4 heteroatoms. The van der Waals surface area contributed by atoms with Crippen LogP contribution in [0.15, 0.2) is 24.3 Å². The molecule has 16 heavy (non-hydrogen) atoms. The Morgan fingerprint density at radius 1 is 1.31 bits per heavy atom. The van der Waals surface area contributed by atoms with Crippen LogP contribution in [0.4, 0.5) is 0 Å². The van der Waals surface area contributed by atoms with E-state index in [1.807, 2.05) is 0 Å². The van der Waals surface area contributed by atoms with Crippen LogP contribution in [0.1, 0.15) is 23.6 Å². The quantitative estimate of drug-likeness (QED) is 0.412. The van der Waals surface area contributed by atoms with E-state index in [1.54, 1.807) is 0 Å². The number of halogens is 1. The van der Waals surface area contributed by atoms with Gasteiger partial charge in [0.1, 0.15) is 6.04 Å². The number of hydrogen-bond donors (Lipinski definition) is 2. The van der Waals surface area contributed by atoms with Crippen molar-refractivity contribution in [2.45, 2.75) is 18.9 Å². The summed E-state index contributed by atoms with van der Waals surface area (Å²) in [5.41, 5.74) is 8.94. The predicted molar refractivity (Wildman–Crippen MR) is 59.8 cm³/mol. The van der Waals surface area contributed by atoms with Gasteiger partial charge >= 0.3 is 5.96 Å². The average Bonchev–Trinajstić information content (AvgIpc) is 2.29. The number of rotatable bonds is 0. The van der Waals surface area contributed by atoms with Gasteiger partial charge in [-0.15, -0.1) is 0 Å². The van der Waals surface area contributed by atoms with Crippen molar-refractivity contribution >= 4 is 5.96 Å². The predicted octanol–water partition coefficient (Wildman–Crippen LogP) is -2.39. The van der Waals surface area contributed by atoms with Crippen molar-refractivity contribution in [1.82, 2.24) is 5.32 Å². The lowest BCUT2D eigenvalue weighted by Crippen LogP contribution is -3.00. The van der Waals surface area contributed by atoms with E-state index >= 15 is 0 Å². The lowest BCUT2D eigenvalue weighted by Gasteiger charge is -2.31. The Labute approximate surface area is 113 Å². The van der Waals surface area contributed by atoms with Gasteiger partial charge in [0.2, 0.25) is 0 Å². The van der Waals surface area contributed by atoms with Crippen molar-refractivity contribution in [3.05, 3.63) is 35.4 Å². The number of nitrogens with one attached hydrogen (secondary N) is 1. The molecule has 0 spiro atoms. The minimum absolute atomic E-state index is 0. The monoisotopic (exact) mass is 329 g/mol. The molecule has 3 N–H and O–H groups in total. The van der Waals surface area contributed by atoms with Gasteiger partial charge < -0.3 is 24.0 Å². The fraction of sp³-hybridized carbons (Fsp3) is 0.417. The molecule has 1 aromatic rings. The first kappa shape index (κ1) is 11.7. The summed E-state index contributed by atoms with van der Waals surface area (Å²) in [6.45, 7) is 2.03. The van der Waals surface area contributed by atoms with E-state index in [-0.39, 0.29) is 24.0 Å². The Kier molecular flexibility index (Phi) is 3.37. The first-order valence-corrected chi connectivity index (χ1v) is 5.57. The van der Waals surface area contributed by atoms with Crippen LogP contribution in [0, 0.1) is 0 Å². The first-order chi connectivity index (χ1) is 7.36. The molecule has 3 nitrogen and oxygen atoms in total. The molecule has 0 aliphatic carbocycles. The molecule has 2 aliphatic rings. The zero-order valence-electron chi connectivity index (χ0n) is 9.12. The summed E-state index contributed by atoms with van der Waals surface area (Å²) in [5, 5.41) is 3.23. The minimum atomic E-state index is 0. The second-order valence-electron chi connectivity index (χ2n) is 4.26. The number of nitrogens with two attached hydrogens (primary N) is 1. The number of guanidine groups is 1. The van der Waals surface area contributed by atoms with Crippen LogP contribution in [-0.2, 0) is 6.42 Å². The van der Waals surface area contributed by atoms with E-state index in [1.165, 1.54) is 11.1 Å². The fourth-order valence-electron chi connectivity index (χ4n) is 2.69.